The van der Waals surface area contributed by atoms with Gasteiger partial charge in [-0.05, 0) is 43.2 Å². The molecule has 2 fully saturated rings. The third-order valence-electron chi connectivity index (χ3n) is 3.73. The Morgan fingerprint density at radius 1 is 1.25 bits per heavy atom. The standard InChI is InChI=1S/C13H15NO2/c15-12-3-1-2-11(7-12)14-13(16)10-5-8-4-9(8)6-10/h1-3,7-10,15H,4-6H2,(H,14,16). The molecule has 0 aromatic heterocycles. The summed E-state index contributed by atoms with van der Waals surface area (Å²) in [6.45, 7) is 0. The number of nitrogens with one attached hydrogen (secondary N) is 1. The summed E-state index contributed by atoms with van der Waals surface area (Å²) in [5, 5.41) is 12.2. The molecule has 0 heterocycles. The highest BCUT2D eigenvalue weighted by atomic mass is 16.3. The molecule has 2 unspecified atom stereocenters. The van der Waals surface area contributed by atoms with Crippen molar-refractivity contribution in [3.63, 3.8) is 0 Å². The lowest BCUT2D eigenvalue weighted by atomic mass is 10.0. The van der Waals surface area contributed by atoms with Gasteiger partial charge in [0.05, 0.1) is 0 Å². The first-order chi connectivity index (χ1) is 7.72. The molecule has 1 aromatic rings. The quantitative estimate of drug-likeness (QED) is 0.799. The summed E-state index contributed by atoms with van der Waals surface area (Å²) in [5.41, 5.74) is 0.686. The van der Waals surface area contributed by atoms with Gasteiger partial charge in [-0.25, -0.2) is 0 Å². The van der Waals surface area contributed by atoms with Gasteiger partial charge in [0.15, 0.2) is 0 Å². The molecule has 2 atom stereocenters. The third kappa shape index (κ3) is 1.77. The zero-order chi connectivity index (χ0) is 11.1. The fourth-order valence-corrected chi connectivity index (χ4v) is 2.76. The third-order valence-corrected chi connectivity index (χ3v) is 3.73. The van der Waals surface area contributed by atoms with Gasteiger partial charge < -0.3 is 10.4 Å². The molecule has 0 saturated heterocycles. The van der Waals surface area contributed by atoms with Crippen molar-refractivity contribution < 1.29 is 9.90 Å². The average Bonchev–Trinajstić information content (AvgIpc) is 2.86. The van der Waals surface area contributed by atoms with Crippen LogP contribution in [0.3, 0.4) is 0 Å². The molecule has 84 valence electrons. The number of carbonyl (C=O) groups is 1. The highest BCUT2D eigenvalue weighted by Gasteiger charge is 2.47. The zero-order valence-electron chi connectivity index (χ0n) is 9.02. The second kappa shape index (κ2) is 3.51. The lowest BCUT2D eigenvalue weighted by Gasteiger charge is -2.12. The summed E-state index contributed by atoms with van der Waals surface area (Å²) in [6.07, 6.45) is 3.43. The Morgan fingerprint density at radius 3 is 2.69 bits per heavy atom. The molecule has 0 bridgehead atoms. The molecule has 3 rings (SSSR count). The SMILES string of the molecule is O=C(Nc1cccc(O)c1)C1CC2CC2C1. The summed E-state index contributed by atoms with van der Waals surface area (Å²) < 4.78 is 0. The lowest BCUT2D eigenvalue weighted by molar-refractivity contribution is -0.120. The Labute approximate surface area is 94.5 Å². The Bertz CT molecular complexity index is 420. The van der Waals surface area contributed by atoms with Gasteiger partial charge in [-0.1, -0.05) is 6.07 Å². The minimum atomic E-state index is 0.109. The van der Waals surface area contributed by atoms with E-state index in [1.54, 1.807) is 24.3 Å². The van der Waals surface area contributed by atoms with Crippen molar-refractivity contribution in [3.05, 3.63) is 24.3 Å². The number of carbonyl (C=O) groups excluding carboxylic acids is 1. The maximum absolute atomic E-state index is 11.9. The number of benzene rings is 1. The van der Waals surface area contributed by atoms with Crippen molar-refractivity contribution >= 4 is 11.6 Å². The maximum atomic E-state index is 11.9. The van der Waals surface area contributed by atoms with E-state index in [1.807, 2.05) is 0 Å². The van der Waals surface area contributed by atoms with E-state index in [2.05, 4.69) is 5.32 Å². The predicted molar refractivity (Wildman–Crippen MR) is 61.1 cm³/mol. The predicted octanol–water partition coefficient (Wildman–Crippen LogP) is 2.38. The first kappa shape index (κ1) is 9.70. The lowest BCUT2D eigenvalue weighted by Crippen LogP contribution is -2.21. The Kier molecular flexibility index (Phi) is 2.13. The van der Waals surface area contributed by atoms with E-state index in [-0.39, 0.29) is 17.6 Å². The van der Waals surface area contributed by atoms with Crippen LogP contribution in [0.15, 0.2) is 24.3 Å². The van der Waals surface area contributed by atoms with Crippen LogP contribution in [0.25, 0.3) is 0 Å². The number of fused-ring (bicyclic) bond motifs is 1. The molecular formula is C13H15NO2. The number of anilines is 1. The maximum Gasteiger partial charge on any atom is 0.227 e. The van der Waals surface area contributed by atoms with Crippen molar-refractivity contribution in [1.82, 2.24) is 0 Å². The molecule has 1 aromatic carbocycles. The van der Waals surface area contributed by atoms with Gasteiger partial charge in [-0.15, -0.1) is 0 Å². The smallest absolute Gasteiger partial charge is 0.227 e. The summed E-state index contributed by atoms with van der Waals surface area (Å²) in [4.78, 5) is 11.9. The monoisotopic (exact) mass is 217 g/mol. The van der Waals surface area contributed by atoms with Crippen LogP contribution in [0, 0.1) is 17.8 Å². The second-order valence-electron chi connectivity index (χ2n) is 4.96. The summed E-state index contributed by atoms with van der Waals surface area (Å²) in [7, 11) is 0. The van der Waals surface area contributed by atoms with Gasteiger partial charge in [0.2, 0.25) is 5.91 Å². The van der Waals surface area contributed by atoms with Crippen LogP contribution in [0.1, 0.15) is 19.3 Å². The van der Waals surface area contributed by atoms with E-state index in [4.69, 9.17) is 0 Å². The van der Waals surface area contributed by atoms with Crippen LogP contribution in [-0.4, -0.2) is 11.0 Å². The first-order valence-electron chi connectivity index (χ1n) is 5.82. The number of hydrogen-bond donors (Lipinski definition) is 2. The molecule has 3 nitrogen and oxygen atoms in total. The summed E-state index contributed by atoms with van der Waals surface area (Å²) in [6, 6.07) is 6.71. The van der Waals surface area contributed by atoms with Crippen LogP contribution >= 0.6 is 0 Å². The average molecular weight is 217 g/mol. The molecule has 1 amide bonds. The second-order valence-corrected chi connectivity index (χ2v) is 4.96. The number of phenols is 1. The van der Waals surface area contributed by atoms with E-state index < -0.39 is 0 Å². The van der Waals surface area contributed by atoms with E-state index in [0.717, 1.165) is 24.7 Å². The Balaban J connectivity index is 1.64. The van der Waals surface area contributed by atoms with Crippen molar-refractivity contribution in [2.24, 2.45) is 17.8 Å². The molecule has 0 aliphatic heterocycles. The van der Waals surface area contributed by atoms with Crippen molar-refractivity contribution in [3.8, 4) is 5.75 Å². The number of hydrogen-bond acceptors (Lipinski definition) is 2. The van der Waals surface area contributed by atoms with Gasteiger partial charge in [-0.3, -0.25) is 4.79 Å². The van der Waals surface area contributed by atoms with E-state index >= 15 is 0 Å². The van der Waals surface area contributed by atoms with Gasteiger partial charge >= 0.3 is 0 Å². The highest BCUT2D eigenvalue weighted by molar-refractivity contribution is 5.93. The van der Waals surface area contributed by atoms with Gasteiger partial charge in [0.25, 0.3) is 0 Å². The molecule has 16 heavy (non-hydrogen) atoms. The molecule has 0 spiro atoms. The fraction of sp³-hybridized carbons (Fsp3) is 0.462. The molecule has 0 radical (unpaired) electrons. The van der Waals surface area contributed by atoms with Crippen molar-refractivity contribution in [2.45, 2.75) is 19.3 Å². The molecule has 3 heteroatoms. The van der Waals surface area contributed by atoms with E-state index in [0.29, 0.717) is 5.69 Å². The number of aromatic hydroxyl groups is 1. The van der Waals surface area contributed by atoms with Gasteiger partial charge in [-0.2, -0.15) is 0 Å². The van der Waals surface area contributed by atoms with Crippen LogP contribution in [0.5, 0.6) is 5.75 Å². The highest BCUT2D eigenvalue weighted by Crippen LogP contribution is 2.54. The van der Waals surface area contributed by atoms with Crippen LogP contribution < -0.4 is 5.32 Å². The van der Waals surface area contributed by atoms with Crippen LogP contribution in [0.4, 0.5) is 5.69 Å². The van der Waals surface area contributed by atoms with Gasteiger partial charge in [0.1, 0.15) is 5.75 Å². The summed E-state index contributed by atoms with van der Waals surface area (Å²) in [5.74, 6) is 2.12. The van der Waals surface area contributed by atoms with Crippen molar-refractivity contribution in [2.75, 3.05) is 5.32 Å². The Hall–Kier alpha value is -1.51. The van der Waals surface area contributed by atoms with E-state index in [1.165, 1.54) is 6.42 Å². The first-order valence-corrected chi connectivity index (χ1v) is 5.82. The topological polar surface area (TPSA) is 49.3 Å². The van der Waals surface area contributed by atoms with Crippen LogP contribution in [0.2, 0.25) is 0 Å². The van der Waals surface area contributed by atoms with E-state index in [9.17, 15) is 9.90 Å². The molecule has 2 saturated carbocycles. The molecular weight excluding hydrogens is 202 g/mol. The number of amides is 1. The fourth-order valence-electron chi connectivity index (χ4n) is 2.76. The summed E-state index contributed by atoms with van der Waals surface area (Å²) >= 11 is 0. The van der Waals surface area contributed by atoms with Crippen molar-refractivity contribution in [1.29, 1.82) is 0 Å². The zero-order valence-corrected chi connectivity index (χ0v) is 9.02. The number of phenolic OH excluding ortho intramolecular Hbond substituents is 1. The molecule has 2 N–H and O–H groups in total. The van der Waals surface area contributed by atoms with Crippen LogP contribution in [-0.2, 0) is 4.79 Å². The molecule has 2 aliphatic rings. The minimum Gasteiger partial charge on any atom is -0.508 e. The Morgan fingerprint density at radius 2 is 2.00 bits per heavy atom. The minimum absolute atomic E-state index is 0.109. The molecule has 2 aliphatic carbocycles. The van der Waals surface area contributed by atoms with Gasteiger partial charge in [0, 0.05) is 17.7 Å². The number of rotatable bonds is 2. The normalized spacial score (nSPS) is 30.9. The largest absolute Gasteiger partial charge is 0.508 e.